The zero-order chi connectivity index (χ0) is 12.3. The van der Waals surface area contributed by atoms with E-state index in [9.17, 15) is 0 Å². The number of aromatic nitrogens is 2. The van der Waals surface area contributed by atoms with Gasteiger partial charge in [0.2, 0.25) is 0 Å². The zero-order valence-corrected chi connectivity index (χ0v) is 10.0. The molecule has 2 aromatic rings. The number of nitrogens with one attached hydrogen (secondary N) is 1. The van der Waals surface area contributed by atoms with Crippen LogP contribution >= 0.6 is 11.8 Å². The van der Waals surface area contributed by atoms with Gasteiger partial charge in [0.05, 0.1) is 5.69 Å². The second-order valence-corrected chi connectivity index (χ2v) is 4.15. The molecule has 0 fully saturated rings. The monoisotopic (exact) mass is 248 g/mol. The van der Waals surface area contributed by atoms with Gasteiger partial charge in [0.15, 0.2) is 11.5 Å². The Morgan fingerprint density at radius 1 is 1.18 bits per heavy atom. The predicted octanol–water partition coefficient (Wildman–Crippen LogP) is 2.71. The van der Waals surface area contributed by atoms with Crippen molar-refractivity contribution < 1.29 is 0 Å². The summed E-state index contributed by atoms with van der Waals surface area (Å²) in [6, 6.07) is 7.70. The molecule has 0 radical (unpaired) electrons. The maximum Gasteiger partial charge on any atom is 0.175 e. The van der Waals surface area contributed by atoms with E-state index in [0.29, 0.717) is 11.5 Å². The first-order valence-electron chi connectivity index (χ1n) is 4.86. The van der Waals surface area contributed by atoms with Gasteiger partial charge in [0.1, 0.15) is 5.82 Å². The van der Waals surface area contributed by atoms with E-state index >= 15 is 0 Å². The number of hydrogen-bond acceptors (Lipinski definition) is 6. The summed E-state index contributed by atoms with van der Waals surface area (Å²) in [5.74, 6) is 0.555. The van der Waals surface area contributed by atoms with Crippen LogP contribution in [0.5, 0.6) is 0 Å². The summed E-state index contributed by atoms with van der Waals surface area (Å²) in [5.41, 5.74) is 12.3. The molecule has 2 rings (SSSR count). The lowest BCUT2D eigenvalue weighted by atomic mass is 10.3. The van der Waals surface area contributed by atoms with Gasteiger partial charge in [-0.3, -0.25) is 5.10 Å². The van der Waals surface area contributed by atoms with Gasteiger partial charge < -0.3 is 11.5 Å². The Labute approximate surface area is 103 Å². The highest BCUT2D eigenvalue weighted by Gasteiger charge is 2.06. The van der Waals surface area contributed by atoms with Crippen molar-refractivity contribution in [3.05, 3.63) is 24.3 Å². The van der Waals surface area contributed by atoms with Crippen molar-refractivity contribution in [3.8, 4) is 0 Å². The number of nitrogen functional groups attached to an aromatic ring is 2. The molecule has 0 spiro atoms. The van der Waals surface area contributed by atoms with Gasteiger partial charge in [0.25, 0.3) is 0 Å². The Bertz CT molecular complexity index is 511. The average molecular weight is 248 g/mol. The summed E-state index contributed by atoms with van der Waals surface area (Å²) in [4.78, 5) is 1.17. The van der Waals surface area contributed by atoms with E-state index < -0.39 is 0 Å². The van der Waals surface area contributed by atoms with E-state index in [1.165, 1.54) is 4.90 Å². The lowest BCUT2D eigenvalue weighted by molar-refractivity contribution is 1.11. The molecule has 88 valence electrons. The minimum absolute atomic E-state index is 0.243. The standard InChI is InChI=1S/C10H12N6S/c1-17-7-4-2-6(3-5-7)13-14-8-9(11)15-16-10(8)12/h2-5H,1H3,(H5,11,12,15,16). The van der Waals surface area contributed by atoms with E-state index in [1.807, 2.05) is 30.5 Å². The molecular formula is C10H12N6S. The molecule has 0 aliphatic heterocycles. The van der Waals surface area contributed by atoms with Crippen molar-refractivity contribution in [3.63, 3.8) is 0 Å². The molecule has 0 saturated carbocycles. The first kappa shape index (κ1) is 11.5. The van der Waals surface area contributed by atoms with Gasteiger partial charge in [0, 0.05) is 4.90 Å². The van der Waals surface area contributed by atoms with Crippen molar-refractivity contribution in [2.75, 3.05) is 17.7 Å². The van der Waals surface area contributed by atoms with Crippen molar-refractivity contribution in [1.29, 1.82) is 0 Å². The largest absolute Gasteiger partial charge is 0.382 e. The molecule has 0 aliphatic rings. The summed E-state index contributed by atoms with van der Waals surface area (Å²) in [7, 11) is 0. The fourth-order valence-corrected chi connectivity index (χ4v) is 1.63. The first-order valence-corrected chi connectivity index (χ1v) is 6.08. The summed E-state index contributed by atoms with van der Waals surface area (Å²) in [5, 5.41) is 14.3. The molecule has 0 atom stereocenters. The van der Waals surface area contributed by atoms with Crippen molar-refractivity contribution in [2.45, 2.75) is 4.90 Å². The number of anilines is 2. The number of H-pyrrole nitrogens is 1. The molecule has 0 amide bonds. The van der Waals surface area contributed by atoms with Crippen LogP contribution in [-0.2, 0) is 0 Å². The number of azo groups is 1. The van der Waals surface area contributed by atoms with E-state index in [-0.39, 0.29) is 5.82 Å². The van der Waals surface area contributed by atoms with Crippen LogP contribution in [0.3, 0.4) is 0 Å². The third-order valence-corrected chi connectivity index (χ3v) is 2.88. The Hall–Kier alpha value is -2.02. The number of rotatable bonds is 3. The van der Waals surface area contributed by atoms with Crippen molar-refractivity contribution in [2.24, 2.45) is 10.2 Å². The van der Waals surface area contributed by atoms with Crippen LogP contribution < -0.4 is 11.5 Å². The van der Waals surface area contributed by atoms with Gasteiger partial charge in [-0.1, -0.05) is 0 Å². The third-order valence-electron chi connectivity index (χ3n) is 2.13. The van der Waals surface area contributed by atoms with Gasteiger partial charge in [-0.25, -0.2) is 0 Å². The molecule has 5 N–H and O–H groups in total. The maximum absolute atomic E-state index is 5.60. The fourth-order valence-electron chi connectivity index (χ4n) is 1.23. The first-order chi connectivity index (χ1) is 8.20. The summed E-state index contributed by atoms with van der Waals surface area (Å²) in [6.45, 7) is 0. The lowest BCUT2D eigenvalue weighted by Gasteiger charge is -1.96. The van der Waals surface area contributed by atoms with Crippen molar-refractivity contribution in [1.82, 2.24) is 10.2 Å². The molecule has 1 aromatic heterocycles. The topological polar surface area (TPSA) is 105 Å². The van der Waals surface area contributed by atoms with Crippen LogP contribution in [0, 0.1) is 0 Å². The highest BCUT2D eigenvalue weighted by molar-refractivity contribution is 7.98. The molecule has 7 heteroatoms. The van der Waals surface area contributed by atoms with E-state index in [4.69, 9.17) is 11.5 Å². The van der Waals surface area contributed by atoms with E-state index in [0.717, 1.165) is 5.69 Å². The van der Waals surface area contributed by atoms with Crippen LogP contribution in [0.15, 0.2) is 39.4 Å². The Kier molecular flexibility index (Phi) is 3.29. The van der Waals surface area contributed by atoms with Gasteiger partial charge >= 0.3 is 0 Å². The smallest absolute Gasteiger partial charge is 0.175 e. The quantitative estimate of drug-likeness (QED) is 0.573. The summed E-state index contributed by atoms with van der Waals surface area (Å²) < 4.78 is 0. The second-order valence-electron chi connectivity index (χ2n) is 3.27. The Morgan fingerprint density at radius 3 is 2.41 bits per heavy atom. The highest BCUT2D eigenvalue weighted by atomic mass is 32.2. The molecule has 0 unspecified atom stereocenters. The molecule has 6 nitrogen and oxygen atoms in total. The van der Waals surface area contributed by atoms with Gasteiger partial charge in [-0.05, 0) is 30.5 Å². The van der Waals surface area contributed by atoms with Gasteiger partial charge in [-0.2, -0.15) is 10.2 Å². The van der Waals surface area contributed by atoms with Gasteiger partial charge in [-0.15, -0.1) is 16.9 Å². The number of thioether (sulfide) groups is 1. The van der Waals surface area contributed by atoms with Crippen LogP contribution in [0.2, 0.25) is 0 Å². The molecule has 0 aliphatic carbocycles. The van der Waals surface area contributed by atoms with Crippen LogP contribution in [0.25, 0.3) is 0 Å². The van der Waals surface area contributed by atoms with Crippen LogP contribution in [-0.4, -0.2) is 16.5 Å². The number of hydrogen-bond donors (Lipinski definition) is 3. The highest BCUT2D eigenvalue weighted by Crippen LogP contribution is 2.28. The Morgan fingerprint density at radius 2 is 1.88 bits per heavy atom. The predicted molar refractivity (Wildman–Crippen MR) is 69.8 cm³/mol. The van der Waals surface area contributed by atoms with Crippen molar-refractivity contribution >= 4 is 34.8 Å². The summed E-state index contributed by atoms with van der Waals surface area (Å²) in [6.07, 6.45) is 2.02. The minimum Gasteiger partial charge on any atom is -0.382 e. The molecule has 1 aromatic carbocycles. The second kappa shape index (κ2) is 4.88. The maximum atomic E-state index is 5.60. The molecule has 17 heavy (non-hydrogen) atoms. The number of nitrogens with two attached hydrogens (primary N) is 2. The van der Waals surface area contributed by atoms with Crippen LogP contribution in [0.1, 0.15) is 0 Å². The fraction of sp³-hybridized carbons (Fsp3) is 0.100. The molecule has 1 heterocycles. The number of aromatic amines is 1. The third kappa shape index (κ3) is 2.56. The van der Waals surface area contributed by atoms with E-state index in [1.54, 1.807) is 11.8 Å². The SMILES string of the molecule is CSc1ccc(N=Nc2c(N)n[nH]c2N)cc1. The minimum atomic E-state index is 0.243. The lowest BCUT2D eigenvalue weighted by Crippen LogP contribution is -1.84. The molecule has 0 bridgehead atoms. The van der Waals surface area contributed by atoms with Crippen LogP contribution in [0.4, 0.5) is 23.0 Å². The number of nitrogens with zero attached hydrogens (tertiary/aromatic N) is 3. The number of benzene rings is 1. The average Bonchev–Trinajstić information content (AvgIpc) is 2.67. The normalized spacial score (nSPS) is 11.1. The van der Waals surface area contributed by atoms with E-state index in [2.05, 4.69) is 20.4 Å². The molecular weight excluding hydrogens is 236 g/mol. The zero-order valence-electron chi connectivity index (χ0n) is 9.21. The Balaban J connectivity index is 2.20. The molecule has 0 saturated heterocycles. The summed E-state index contributed by atoms with van der Waals surface area (Å²) >= 11 is 1.67.